The molecule has 1 aromatic carbocycles. The quantitative estimate of drug-likeness (QED) is 0.693. The second-order valence-electron chi connectivity index (χ2n) is 4.33. The molecule has 20 heavy (non-hydrogen) atoms. The van der Waals surface area contributed by atoms with Gasteiger partial charge in [0.05, 0.1) is 28.6 Å². The number of pyridine rings is 1. The molecule has 0 atom stereocenters. The van der Waals surface area contributed by atoms with Gasteiger partial charge in [-0.2, -0.15) is 0 Å². The second kappa shape index (κ2) is 4.65. The predicted octanol–water partition coefficient (Wildman–Crippen LogP) is 2.00. The van der Waals surface area contributed by atoms with Crippen molar-refractivity contribution in [1.29, 1.82) is 0 Å². The number of ether oxygens (including phenoxy) is 1. The van der Waals surface area contributed by atoms with Crippen molar-refractivity contribution in [2.45, 2.75) is 6.92 Å². The van der Waals surface area contributed by atoms with Gasteiger partial charge in [-0.15, -0.1) is 0 Å². The topological polar surface area (TPSA) is 93.9 Å². The zero-order valence-electron chi connectivity index (χ0n) is 10.8. The van der Waals surface area contributed by atoms with E-state index in [2.05, 4.69) is 15.0 Å². The highest BCUT2D eigenvalue weighted by Gasteiger charge is 2.09. The fourth-order valence-corrected chi connectivity index (χ4v) is 1.90. The van der Waals surface area contributed by atoms with Crippen molar-refractivity contribution in [1.82, 2.24) is 15.0 Å². The van der Waals surface area contributed by atoms with Gasteiger partial charge in [-0.1, -0.05) is 0 Å². The Kier molecular flexibility index (Phi) is 2.83. The summed E-state index contributed by atoms with van der Waals surface area (Å²) in [5, 5.41) is 0.431. The lowest BCUT2D eigenvalue weighted by molar-refractivity contribution is 0.478. The number of nitrogens with two attached hydrogens (primary N) is 1. The van der Waals surface area contributed by atoms with Crippen LogP contribution in [-0.2, 0) is 0 Å². The minimum absolute atomic E-state index is 0.231. The molecule has 3 rings (SSSR count). The third-order valence-corrected chi connectivity index (χ3v) is 2.95. The fourth-order valence-electron chi connectivity index (χ4n) is 1.90. The van der Waals surface area contributed by atoms with E-state index in [-0.39, 0.29) is 5.56 Å². The maximum Gasteiger partial charge on any atom is 0.258 e. The minimum Gasteiger partial charge on any atom is -0.453 e. The number of fused-ring (bicyclic) bond motifs is 1. The van der Waals surface area contributed by atoms with Crippen LogP contribution in [0.4, 0.5) is 5.69 Å². The van der Waals surface area contributed by atoms with Crippen molar-refractivity contribution < 1.29 is 4.74 Å². The Labute approximate surface area is 114 Å². The maximum atomic E-state index is 11.7. The van der Waals surface area contributed by atoms with Crippen molar-refractivity contribution in [3.05, 3.63) is 52.8 Å². The van der Waals surface area contributed by atoms with Gasteiger partial charge in [0.15, 0.2) is 5.75 Å². The molecule has 0 saturated heterocycles. The Morgan fingerprint density at radius 3 is 2.90 bits per heavy atom. The highest BCUT2D eigenvalue weighted by Crippen LogP contribution is 2.30. The predicted molar refractivity (Wildman–Crippen MR) is 75.8 cm³/mol. The molecule has 0 amide bonds. The first-order chi connectivity index (χ1) is 9.65. The van der Waals surface area contributed by atoms with Crippen molar-refractivity contribution >= 4 is 16.6 Å². The summed E-state index contributed by atoms with van der Waals surface area (Å²) in [5.41, 5.74) is 7.35. The molecule has 0 bridgehead atoms. The number of anilines is 1. The Morgan fingerprint density at radius 1 is 1.25 bits per heavy atom. The van der Waals surface area contributed by atoms with Crippen LogP contribution in [0, 0.1) is 6.92 Å². The Hall–Kier alpha value is -2.89. The highest BCUT2D eigenvalue weighted by atomic mass is 16.5. The number of nitrogens with zero attached hydrogens (tertiary/aromatic N) is 2. The van der Waals surface area contributed by atoms with Crippen LogP contribution in [0.2, 0.25) is 0 Å². The third-order valence-electron chi connectivity index (χ3n) is 2.95. The average molecular weight is 268 g/mol. The number of nitrogens with one attached hydrogen (secondary N) is 1. The molecule has 0 aliphatic rings. The fraction of sp³-hybridized carbons (Fsp3) is 0.0714. The maximum absolute atomic E-state index is 11.7. The number of aromatic nitrogens is 3. The van der Waals surface area contributed by atoms with Crippen LogP contribution in [0.5, 0.6) is 11.5 Å². The smallest absolute Gasteiger partial charge is 0.258 e. The molecule has 2 heterocycles. The van der Waals surface area contributed by atoms with E-state index in [9.17, 15) is 4.79 Å². The summed E-state index contributed by atoms with van der Waals surface area (Å²) < 4.78 is 5.75. The van der Waals surface area contributed by atoms with E-state index in [1.807, 2.05) is 6.92 Å². The van der Waals surface area contributed by atoms with Crippen molar-refractivity contribution in [3.8, 4) is 11.5 Å². The Bertz CT molecular complexity index is 842. The summed E-state index contributed by atoms with van der Waals surface area (Å²) in [6.07, 6.45) is 3.03. The van der Waals surface area contributed by atoms with E-state index in [1.54, 1.807) is 30.5 Å². The molecular formula is C14H12N4O2. The first-order valence-electron chi connectivity index (χ1n) is 6.01. The van der Waals surface area contributed by atoms with E-state index in [4.69, 9.17) is 10.5 Å². The van der Waals surface area contributed by atoms with Crippen molar-refractivity contribution in [2.24, 2.45) is 0 Å². The molecule has 0 aliphatic heterocycles. The van der Waals surface area contributed by atoms with E-state index < -0.39 is 0 Å². The lowest BCUT2D eigenvalue weighted by atomic mass is 10.2. The van der Waals surface area contributed by atoms with Crippen molar-refractivity contribution in [2.75, 3.05) is 5.73 Å². The van der Waals surface area contributed by atoms with Crippen molar-refractivity contribution in [3.63, 3.8) is 0 Å². The van der Waals surface area contributed by atoms with Crippen LogP contribution >= 0.6 is 0 Å². The first kappa shape index (κ1) is 12.2. The van der Waals surface area contributed by atoms with E-state index in [0.29, 0.717) is 28.1 Å². The number of rotatable bonds is 2. The largest absolute Gasteiger partial charge is 0.453 e. The van der Waals surface area contributed by atoms with E-state index in [0.717, 1.165) is 5.69 Å². The van der Waals surface area contributed by atoms with E-state index in [1.165, 1.54) is 6.33 Å². The number of aromatic amines is 1. The van der Waals surface area contributed by atoms with Gasteiger partial charge in [-0.3, -0.25) is 9.78 Å². The molecule has 0 radical (unpaired) electrons. The molecule has 0 saturated carbocycles. The molecule has 0 fully saturated rings. The number of nitrogen functional groups attached to an aromatic ring is 1. The average Bonchev–Trinajstić information content (AvgIpc) is 2.43. The highest BCUT2D eigenvalue weighted by molar-refractivity contribution is 5.84. The van der Waals surface area contributed by atoms with Gasteiger partial charge in [0.1, 0.15) is 5.75 Å². The van der Waals surface area contributed by atoms with Gasteiger partial charge in [-0.05, 0) is 25.1 Å². The summed E-state index contributed by atoms with van der Waals surface area (Å²) >= 11 is 0. The number of hydrogen-bond acceptors (Lipinski definition) is 5. The lowest BCUT2D eigenvalue weighted by Crippen LogP contribution is -2.07. The number of H-pyrrole nitrogens is 1. The molecule has 0 aliphatic carbocycles. The van der Waals surface area contributed by atoms with Crippen LogP contribution in [0.3, 0.4) is 0 Å². The van der Waals surface area contributed by atoms with E-state index >= 15 is 0 Å². The molecule has 3 N–H and O–H groups in total. The zero-order chi connectivity index (χ0) is 14.1. The standard InChI is InChI=1S/C14H12N4O2/c1-8-12(3-2-4-16-8)20-13-6-11-9(5-10(13)15)14(19)18-7-17-11/h2-7H,15H2,1H3,(H,17,18,19). The van der Waals surface area contributed by atoms with Gasteiger partial charge in [0.2, 0.25) is 0 Å². The second-order valence-corrected chi connectivity index (χ2v) is 4.33. The lowest BCUT2D eigenvalue weighted by Gasteiger charge is -2.10. The Balaban J connectivity index is 2.11. The van der Waals surface area contributed by atoms with Gasteiger partial charge in [0.25, 0.3) is 5.56 Å². The van der Waals surface area contributed by atoms with Crippen LogP contribution in [0.15, 0.2) is 41.6 Å². The summed E-state index contributed by atoms with van der Waals surface area (Å²) in [4.78, 5) is 22.4. The minimum atomic E-state index is -0.231. The number of hydrogen-bond donors (Lipinski definition) is 2. The van der Waals surface area contributed by atoms with Crippen LogP contribution in [-0.4, -0.2) is 15.0 Å². The monoisotopic (exact) mass is 268 g/mol. The summed E-state index contributed by atoms with van der Waals surface area (Å²) in [7, 11) is 0. The molecule has 2 aromatic heterocycles. The third kappa shape index (κ3) is 2.07. The first-order valence-corrected chi connectivity index (χ1v) is 6.01. The molecule has 100 valence electrons. The van der Waals surface area contributed by atoms with Gasteiger partial charge in [-0.25, -0.2) is 4.98 Å². The zero-order valence-corrected chi connectivity index (χ0v) is 10.8. The van der Waals surface area contributed by atoms with Crippen LogP contribution < -0.4 is 16.0 Å². The normalized spacial score (nSPS) is 10.7. The summed E-state index contributed by atoms with van der Waals surface area (Å²) in [6.45, 7) is 1.84. The van der Waals surface area contributed by atoms with Gasteiger partial charge < -0.3 is 15.5 Å². The van der Waals surface area contributed by atoms with Gasteiger partial charge >= 0.3 is 0 Å². The summed E-state index contributed by atoms with van der Waals surface area (Å²) in [6, 6.07) is 6.79. The Morgan fingerprint density at radius 2 is 2.10 bits per heavy atom. The molecule has 0 spiro atoms. The molecule has 6 nitrogen and oxygen atoms in total. The number of benzene rings is 1. The van der Waals surface area contributed by atoms with Gasteiger partial charge in [0, 0.05) is 12.3 Å². The molecule has 0 unspecified atom stereocenters. The SMILES string of the molecule is Cc1ncccc1Oc1cc2nc[nH]c(=O)c2cc1N. The molecular weight excluding hydrogens is 256 g/mol. The number of aryl methyl sites for hydroxylation is 1. The molecule has 3 aromatic rings. The van der Waals surface area contributed by atoms with Crippen LogP contribution in [0.25, 0.3) is 10.9 Å². The molecule has 6 heteroatoms. The van der Waals surface area contributed by atoms with Crippen LogP contribution in [0.1, 0.15) is 5.69 Å². The summed E-state index contributed by atoms with van der Waals surface area (Å²) in [5.74, 6) is 1.06.